The summed E-state index contributed by atoms with van der Waals surface area (Å²) < 4.78 is 4.92. The molecule has 0 aliphatic carbocycles. The second-order valence-corrected chi connectivity index (χ2v) is 17.6. The van der Waals surface area contributed by atoms with Gasteiger partial charge >= 0.3 is 0 Å². The summed E-state index contributed by atoms with van der Waals surface area (Å²) in [5.74, 6) is 1.79. The molecule has 320 valence electrons. The van der Waals surface area contributed by atoms with E-state index in [2.05, 4.69) is 188 Å². The summed E-state index contributed by atoms with van der Waals surface area (Å²) in [6, 6.07) is 56.9. The molecule has 0 spiro atoms. The van der Waals surface area contributed by atoms with Crippen LogP contribution in [0.15, 0.2) is 213 Å². The van der Waals surface area contributed by atoms with Crippen molar-refractivity contribution >= 4 is 49.7 Å². The Hall–Kier alpha value is -8.15. The van der Waals surface area contributed by atoms with Gasteiger partial charge in [0.05, 0.1) is 27.8 Å². The molecular weight excluding hydrogens is 803 g/mol. The molecule has 0 bridgehead atoms. The highest BCUT2D eigenvalue weighted by Gasteiger charge is 2.24. The molecule has 0 unspecified atom stereocenters. The lowest BCUT2D eigenvalue weighted by Crippen LogP contribution is -2.10. The SMILES string of the molecule is C=C/C=C\C=C\c1nc(-c2ccccc2)nc(-c2cc(C/C=C\C=C/C)c(-n3c4ccc(-n5c6ccccc6c6ccccc65)cc4c4cc(C(C)(C)C)ccc43)c(-c3ccccc3)c2)n1. The molecule has 0 amide bonds. The van der Waals surface area contributed by atoms with Crippen LogP contribution in [0.3, 0.4) is 0 Å². The minimum atomic E-state index is -0.0498. The minimum absolute atomic E-state index is 0.0498. The van der Waals surface area contributed by atoms with Gasteiger partial charge in [0, 0.05) is 43.9 Å². The fourth-order valence-corrected chi connectivity index (χ4v) is 9.12. The first-order valence-electron chi connectivity index (χ1n) is 22.7. The molecule has 66 heavy (non-hydrogen) atoms. The number of benzene rings is 7. The molecule has 3 heterocycles. The van der Waals surface area contributed by atoms with Crippen LogP contribution in [-0.2, 0) is 11.8 Å². The first-order chi connectivity index (χ1) is 32.3. The summed E-state index contributed by atoms with van der Waals surface area (Å²) in [6.45, 7) is 12.7. The summed E-state index contributed by atoms with van der Waals surface area (Å²) in [4.78, 5) is 15.2. The standard InChI is InChI=1S/C61H51N5/c1-6-8-10-14-28-44-38-45(60-63-57(33-19-11-9-7-2)62-59(64-60)43-26-17-13-18-27-43)39-50(42-24-15-12-16-25-42)58(44)66-55-36-34-46(61(3,4)5)40-51(55)52-41-47(35-37-56(52)66)65-53-31-22-20-29-48(53)49-30-21-23-32-54(49)65/h6-27,29-41H,2,28H2,1,3-5H3/b8-6-,11-9-,14-10-,33-19+. The van der Waals surface area contributed by atoms with E-state index in [1.165, 1.54) is 38.1 Å². The van der Waals surface area contributed by atoms with Gasteiger partial charge in [-0.25, -0.2) is 15.0 Å². The van der Waals surface area contributed by atoms with Gasteiger partial charge in [0.2, 0.25) is 0 Å². The minimum Gasteiger partial charge on any atom is -0.309 e. The molecule has 0 aliphatic heterocycles. The molecule has 0 radical (unpaired) electrons. The Kier molecular flexibility index (Phi) is 11.3. The molecule has 0 N–H and O–H groups in total. The van der Waals surface area contributed by atoms with Crippen molar-refractivity contribution in [3.63, 3.8) is 0 Å². The Labute approximate surface area is 386 Å². The Morgan fingerprint density at radius 3 is 1.79 bits per heavy atom. The van der Waals surface area contributed by atoms with Crippen LogP contribution in [0.25, 0.3) is 95.0 Å². The van der Waals surface area contributed by atoms with Crippen molar-refractivity contribution in [3.05, 3.63) is 230 Å². The van der Waals surface area contributed by atoms with E-state index < -0.39 is 0 Å². The van der Waals surface area contributed by atoms with Crippen molar-refractivity contribution in [2.75, 3.05) is 0 Å². The predicted octanol–water partition coefficient (Wildman–Crippen LogP) is 15.8. The van der Waals surface area contributed by atoms with Crippen molar-refractivity contribution in [2.24, 2.45) is 0 Å². The van der Waals surface area contributed by atoms with Crippen molar-refractivity contribution in [1.82, 2.24) is 24.1 Å². The van der Waals surface area contributed by atoms with Gasteiger partial charge in [-0.05, 0) is 96.1 Å². The number of hydrogen-bond donors (Lipinski definition) is 0. The molecule has 5 nitrogen and oxygen atoms in total. The Morgan fingerprint density at radius 2 is 1.12 bits per heavy atom. The number of fused-ring (bicyclic) bond motifs is 6. The topological polar surface area (TPSA) is 48.5 Å². The summed E-state index contributed by atoms with van der Waals surface area (Å²) in [5.41, 5.74) is 13.3. The average Bonchev–Trinajstić information content (AvgIpc) is 3.86. The van der Waals surface area contributed by atoms with E-state index >= 15 is 0 Å². The van der Waals surface area contributed by atoms with Crippen LogP contribution in [0, 0.1) is 0 Å². The Balaban J connectivity index is 1.28. The molecule has 10 rings (SSSR count). The second-order valence-electron chi connectivity index (χ2n) is 17.6. The number of aromatic nitrogens is 5. The average molecular weight is 854 g/mol. The van der Waals surface area contributed by atoms with Gasteiger partial charge in [-0.15, -0.1) is 0 Å². The van der Waals surface area contributed by atoms with Crippen molar-refractivity contribution in [3.8, 4) is 45.3 Å². The molecule has 5 heteroatoms. The van der Waals surface area contributed by atoms with Gasteiger partial charge in [-0.2, -0.15) is 0 Å². The van der Waals surface area contributed by atoms with E-state index in [1.54, 1.807) is 6.08 Å². The third kappa shape index (κ3) is 7.90. The van der Waals surface area contributed by atoms with Crippen molar-refractivity contribution < 1.29 is 0 Å². The highest BCUT2D eigenvalue weighted by Crippen LogP contribution is 2.43. The number of hydrogen-bond acceptors (Lipinski definition) is 3. The summed E-state index contributed by atoms with van der Waals surface area (Å²) >= 11 is 0. The van der Waals surface area contributed by atoms with Crippen molar-refractivity contribution in [1.29, 1.82) is 0 Å². The zero-order valence-corrected chi connectivity index (χ0v) is 37.9. The maximum atomic E-state index is 5.18. The lowest BCUT2D eigenvalue weighted by Gasteiger charge is -2.21. The van der Waals surface area contributed by atoms with E-state index in [4.69, 9.17) is 15.0 Å². The first kappa shape index (κ1) is 41.8. The van der Waals surface area contributed by atoms with Gasteiger partial charge in [-0.1, -0.05) is 179 Å². The largest absolute Gasteiger partial charge is 0.309 e. The number of para-hydroxylation sites is 2. The molecule has 10 aromatic rings. The normalized spacial score (nSPS) is 12.4. The summed E-state index contributed by atoms with van der Waals surface area (Å²) in [6.07, 6.45) is 18.6. The molecule has 0 fully saturated rings. The van der Waals surface area contributed by atoms with Crippen LogP contribution in [0.4, 0.5) is 0 Å². The zero-order valence-electron chi connectivity index (χ0n) is 37.9. The van der Waals surface area contributed by atoms with E-state index in [9.17, 15) is 0 Å². The molecule has 0 saturated heterocycles. The smallest absolute Gasteiger partial charge is 0.164 e. The Morgan fingerprint density at radius 1 is 0.515 bits per heavy atom. The van der Waals surface area contributed by atoms with Gasteiger partial charge in [0.1, 0.15) is 0 Å². The van der Waals surface area contributed by atoms with Crippen LogP contribution < -0.4 is 0 Å². The van der Waals surface area contributed by atoms with Gasteiger partial charge < -0.3 is 9.13 Å². The lowest BCUT2D eigenvalue weighted by molar-refractivity contribution is 0.591. The van der Waals surface area contributed by atoms with Crippen LogP contribution in [0.2, 0.25) is 0 Å². The third-order valence-corrected chi connectivity index (χ3v) is 12.3. The molecule has 3 aromatic heterocycles. The maximum Gasteiger partial charge on any atom is 0.164 e. The van der Waals surface area contributed by atoms with E-state index in [-0.39, 0.29) is 5.41 Å². The van der Waals surface area contributed by atoms with Crippen LogP contribution in [-0.4, -0.2) is 24.1 Å². The first-order valence-corrected chi connectivity index (χ1v) is 22.7. The summed E-state index contributed by atoms with van der Waals surface area (Å²) in [5, 5.41) is 4.90. The molecule has 0 saturated carbocycles. The zero-order chi connectivity index (χ0) is 45.2. The highest BCUT2D eigenvalue weighted by molar-refractivity contribution is 6.13. The second kappa shape index (κ2) is 17.8. The van der Waals surface area contributed by atoms with Crippen LogP contribution in [0.5, 0.6) is 0 Å². The highest BCUT2D eigenvalue weighted by atomic mass is 15.0. The van der Waals surface area contributed by atoms with Crippen molar-refractivity contribution in [2.45, 2.75) is 39.5 Å². The number of nitrogens with zero attached hydrogens (tertiary/aromatic N) is 5. The van der Waals surface area contributed by atoms with E-state index in [0.29, 0.717) is 23.9 Å². The van der Waals surface area contributed by atoms with E-state index in [0.717, 1.165) is 50.2 Å². The lowest BCUT2D eigenvalue weighted by atomic mass is 9.86. The van der Waals surface area contributed by atoms with Crippen LogP contribution >= 0.6 is 0 Å². The maximum absolute atomic E-state index is 5.18. The van der Waals surface area contributed by atoms with E-state index in [1.807, 2.05) is 61.6 Å². The van der Waals surface area contributed by atoms with Crippen LogP contribution in [0.1, 0.15) is 44.6 Å². The monoisotopic (exact) mass is 853 g/mol. The van der Waals surface area contributed by atoms with Gasteiger partial charge in [0.25, 0.3) is 0 Å². The van der Waals surface area contributed by atoms with Gasteiger partial charge in [0.15, 0.2) is 17.5 Å². The molecular formula is C61H51N5. The summed E-state index contributed by atoms with van der Waals surface area (Å²) in [7, 11) is 0. The van der Waals surface area contributed by atoms with Gasteiger partial charge in [-0.3, -0.25) is 0 Å². The third-order valence-electron chi connectivity index (χ3n) is 12.3. The fourth-order valence-electron chi connectivity index (χ4n) is 9.12. The number of rotatable bonds is 11. The number of allylic oxidation sites excluding steroid dienone is 8. The predicted molar refractivity (Wildman–Crippen MR) is 280 cm³/mol. The molecule has 0 atom stereocenters. The fraction of sp³-hybridized carbons (Fsp3) is 0.0984. The molecule has 0 aliphatic rings. The molecule has 7 aromatic carbocycles. The Bertz CT molecular complexity index is 3500. The quantitative estimate of drug-likeness (QED) is 0.122.